The number of hydrogen-bond acceptors (Lipinski definition) is 2. The summed E-state index contributed by atoms with van der Waals surface area (Å²) in [7, 11) is 1.99. The molecule has 3 nitrogen and oxygen atoms in total. The van der Waals surface area contributed by atoms with E-state index >= 15 is 0 Å². The van der Waals surface area contributed by atoms with Crippen LogP contribution < -0.4 is 5.32 Å². The van der Waals surface area contributed by atoms with E-state index in [1.54, 1.807) is 0 Å². The Bertz CT molecular complexity index is 300. The van der Waals surface area contributed by atoms with E-state index in [-0.39, 0.29) is 5.41 Å². The van der Waals surface area contributed by atoms with Gasteiger partial charge in [-0.15, -0.1) is 0 Å². The monoisotopic (exact) mass is 209 g/mol. The summed E-state index contributed by atoms with van der Waals surface area (Å²) in [6.45, 7) is 9.84. The molecule has 0 spiro atoms. The Morgan fingerprint density at radius 3 is 2.60 bits per heavy atom. The zero-order valence-corrected chi connectivity index (χ0v) is 10.5. The van der Waals surface area contributed by atoms with E-state index in [9.17, 15) is 0 Å². The van der Waals surface area contributed by atoms with Gasteiger partial charge in [0.2, 0.25) is 0 Å². The van der Waals surface area contributed by atoms with Gasteiger partial charge in [0.15, 0.2) is 0 Å². The lowest BCUT2D eigenvalue weighted by Crippen LogP contribution is -2.28. The highest BCUT2D eigenvalue weighted by atomic mass is 15.3. The molecule has 0 aliphatic rings. The quantitative estimate of drug-likeness (QED) is 0.806. The Labute approximate surface area is 92.9 Å². The molecule has 1 heterocycles. The van der Waals surface area contributed by atoms with Gasteiger partial charge in [-0.3, -0.25) is 4.68 Å². The van der Waals surface area contributed by atoms with E-state index in [2.05, 4.69) is 50.4 Å². The SMILES string of the molecule is CNCC(C)(C)Cc1ccn(C(C)C)n1. The zero-order valence-electron chi connectivity index (χ0n) is 10.5. The van der Waals surface area contributed by atoms with Crippen molar-refractivity contribution in [2.75, 3.05) is 13.6 Å². The number of aromatic nitrogens is 2. The van der Waals surface area contributed by atoms with E-state index in [0.717, 1.165) is 13.0 Å². The Balaban J connectivity index is 2.64. The summed E-state index contributed by atoms with van der Waals surface area (Å²) in [5.74, 6) is 0. The molecule has 0 fully saturated rings. The van der Waals surface area contributed by atoms with E-state index in [1.807, 2.05) is 11.7 Å². The maximum atomic E-state index is 4.57. The minimum Gasteiger partial charge on any atom is -0.319 e. The number of nitrogens with one attached hydrogen (secondary N) is 1. The topological polar surface area (TPSA) is 29.9 Å². The standard InChI is InChI=1S/C12H23N3/c1-10(2)15-7-6-11(14-15)8-12(3,4)9-13-5/h6-7,10,13H,8-9H2,1-5H3. The van der Waals surface area contributed by atoms with Gasteiger partial charge in [-0.2, -0.15) is 5.10 Å². The number of rotatable bonds is 5. The van der Waals surface area contributed by atoms with Crippen LogP contribution in [0, 0.1) is 5.41 Å². The van der Waals surface area contributed by atoms with Crippen LogP contribution in [0.5, 0.6) is 0 Å². The van der Waals surface area contributed by atoms with Crippen molar-refractivity contribution in [2.24, 2.45) is 5.41 Å². The first kappa shape index (κ1) is 12.2. The van der Waals surface area contributed by atoms with Gasteiger partial charge in [0.25, 0.3) is 0 Å². The van der Waals surface area contributed by atoms with Crippen LogP contribution in [-0.2, 0) is 6.42 Å². The lowest BCUT2D eigenvalue weighted by Gasteiger charge is -2.22. The highest BCUT2D eigenvalue weighted by molar-refractivity contribution is 5.02. The summed E-state index contributed by atoms with van der Waals surface area (Å²) in [6.07, 6.45) is 3.09. The molecule has 15 heavy (non-hydrogen) atoms. The predicted molar refractivity (Wildman–Crippen MR) is 64.0 cm³/mol. The number of nitrogens with zero attached hydrogens (tertiary/aromatic N) is 2. The molecule has 1 aromatic heterocycles. The molecule has 0 saturated carbocycles. The first-order valence-electron chi connectivity index (χ1n) is 5.63. The van der Waals surface area contributed by atoms with Crippen LogP contribution >= 0.6 is 0 Å². The molecule has 0 aliphatic carbocycles. The normalized spacial score (nSPS) is 12.4. The molecule has 1 rings (SSSR count). The van der Waals surface area contributed by atoms with Crippen molar-refractivity contribution in [1.29, 1.82) is 0 Å². The summed E-state index contributed by atoms with van der Waals surface area (Å²) in [5.41, 5.74) is 1.45. The maximum Gasteiger partial charge on any atom is 0.0630 e. The van der Waals surface area contributed by atoms with Crippen LogP contribution in [0.15, 0.2) is 12.3 Å². The van der Waals surface area contributed by atoms with E-state index < -0.39 is 0 Å². The molecule has 0 amide bonds. The van der Waals surface area contributed by atoms with Crippen LogP contribution in [0.2, 0.25) is 0 Å². The van der Waals surface area contributed by atoms with Crippen molar-refractivity contribution < 1.29 is 0 Å². The highest BCUT2D eigenvalue weighted by Crippen LogP contribution is 2.20. The van der Waals surface area contributed by atoms with Crippen LogP contribution in [0.3, 0.4) is 0 Å². The molecular weight excluding hydrogens is 186 g/mol. The molecule has 0 radical (unpaired) electrons. The lowest BCUT2D eigenvalue weighted by atomic mass is 9.88. The smallest absolute Gasteiger partial charge is 0.0630 e. The minimum absolute atomic E-state index is 0.269. The van der Waals surface area contributed by atoms with Gasteiger partial charge in [0.05, 0.1) is 5.69 Å². The number of hydrogen-bond donors (Lipinski definition) is 1. The first-order valence-corrected chi connectivity index (χ1v) is 5.63. The summed E-state index contributed by atoms with van der Waals surface area (Å²) < 4.78 is 2.02. The maximum absolute atomic E-state index is 4.57. The summed E-state index contributed by atoms with van der Waals surface area (Å²) in [5, 5.41) is 7.79. The van der Waals surface area contributed by atoms with Gasteiger partial charge in [-0.25, -0.2) is 0 Å². The van der Waals surface area contributed by atoms with Gasteiger partial charge in [0, 0.05) is 18.8 Å². The Morgan fingerprint density at radius 2 is 2.13 bits per heavy atom. The van der Waals surface area contributed by atoms with Crippen molar-refractivity contribution in [1.82, 2.24) is 15.1 Å². The fourth-order valence-electron chi connectivity index (χ4n) is 1.79. The van der Waals surface area contributed by atoms with Gasteiger partial charge >= 0.3 is 0 Å². The highest BCUT2D eigenvalue weighted by Gasteiger charge is 2.18. The lowest BCUT2D eigenvalue weighted by molar-refractivity contribution is 0.344. The van der Waals surface area contributed by atoms with Crippen molar-refractivity contribution in [3.05, 3.63) is 18.0 Å². The summed E-state index contributed by atoms with van der Waals surface area (Å²) in [6, 6.07) is 2.57. The van der Waals surface area contributed by atoms with Crippen molar-refractivity contribution in [2.45, 2.75) is 40.2 Å². The molecule has 0 aliphatic heterocycles. The molecule has 0 saturated heterocycles. The van der Waals surface area contributed by atoms with Crippen LogP contribution in [0.1, 0.15) is 39.4 Å². The average molecular weight is 209 g/mol. The Hall–Kier alpha value is -0.830. The molecular formula is C12H23N3. The van der Waals surface area contributed by atoms with Gasteiger partial charge in [-0.05, 0) is 38.8 Å². The molecule has 0 unspecified atom stereocenters. The fourth-order valence-corrected chi connectivity index (χ4v) is 1.79. The van der Waals surface area contributed by atoms with Crippen molar-refractivity contribution in [3.8, 4) is 0 Å². The largest absolute Gasteiger partial charge is 0.319 e. The minimum atomic E-state index is 0.269. The first-order chi connectivity index (χ1) is 6.94. The second-order valence-electron chi connectivity index (χ2n) is 5.25. The molecule has 0 bridgehead atoms. The molecule has 86 valence electrons. The van der Waals surface area contributed by atoms with E-state index in [4.69, 9.17) is 0 Å². The third-order valence-corrected chi connectivity index (χ3v) is 2.51. The average Bonchev–Trinajstić information content (AvgIpc) is 2.51. The molecule has 1 N–H and O–H groups in total. The predicted octanol–water partition coefficient (Wildman–Crippen LogP) is 2.25. The summed E-state index contributed by atoms with van der Waals surface area (Å²) in [4.78, 5) is 0. The third kappa shape index (κ3) is 3.67. The van der Waals surface area contributed by atoms with Gasteiger partial charge in [-0.1, -0.05) is 13.8 Å². The van der Waals surface area contributed by atoms with Crippen LogP contribution in [0.25, 0.3) is 0 Å². The van der Waals surface area contributed by atoms with E-state index in [0.29, 0.717) is 6.04 Å². The van der Waals surface area contributed by atoms with Gasteiger partial charge in [0.1, 0.15) is 0 Å². The van der Waals surface area contributed by atoms with Crippen molar-refractivity contribution >= 4 is 0 Å². The molecule has 0 aromatic carbocycles. The molecule has 0 atom stereocenters. The van der Waals surface area contributed by atoms with E-state index in [1.165, 1.54) is 5.69 Å². The second-order valence-corrected chi connectivity index (χ2v) is 5.25. The fraction of sp³-hybridized carbons (Fsp3) is 0.750. The zero-order chi connectivity index (χ0) is 11.5. The van der Waals surface area contributed by atoms with Crippen LogP contribution in [0.4, 0.5) is 0 Å². The molecule has 3 heteroatoms. The third-order valence-electron chi connectivity index (χ3n) is 2.51. The van der Waals surface area contributed by atoms with Crippen molar-refractivity contribution in [3.63, 3.8) is 0 Å². The molecule has 1 aromatic rings. The van der Waals surface area contributed by atoms with Crippen LogP contribution in [-0.4, -0.2) is 23.4 Å². The Morgan fingerprint density at radius 1 is 1.47 bits per heavy atom. The van der Waals surface area contributed by atoms with Gasteiger partial charge < -0.3 is 5.32 Å². The second kappa shape index (κ2) is 4.79. The summed E-state index contributed by atoms with van der Waals surface area (Å²) >= 11 is 0. The Kier molecular flexibility index (Phi) is 3.91.